The number of hydrogen-bond acceptors (Lipinski definition) is 3. The van der Waals surface area contributed by atoms with Crippen molar-refractivity contribution in [1.82, 2.24) is 10.6 Å². The van der Waals surface area contributed by atoms with Gasteiger partial charge in [-0.3, -0.25) is 0 Å². The summed E-state index contributed by atoms with van der Waals surface area (Å²) >= 11 is 2.00. The number of fused-ring (bicyclic) bond motifs is 1. The van der Waals surface area contributed by atoms with Crippen molar-refractivity contribution in [1.29, 1.82) is 0 Å². The fraction of sp³-hybridized carbons (Fsp3) is 0.667. The zero-order valence-corrected chi connectivity index (χ0v) is 6.00. The molecule has 50 valence electrons. The van der Waals surface area contributed by atoms with E-state index in [0.29, 0.717) is 12.1 Å². The molecule has 0 aromatic heterocycles. The van der Waals surface area contributed by atoms with Crippen LogP contribution < -0.4 is 10.6 Å². The van der Waals surface area contributed by atoms with Crippen molar-refractivity contribution in [2.24, 2.45) is 0 Å². The summed E-state index contributed by atoms with van der Waals surface area (Å²) in [6.07, 6.45) is 0. The predicted molar refractivity (Wildman–Crippen MR) is 40.3 cm³/mol. The summed E-state index contributed by atoms with van der Waals surface area (Å²) < 4.78 is 0. The van der Waals surface area contributed by atoms with Crippen LogP contribution in [0.1, 0.15) is 0 Å². The Morgan fingerprint density at radius 1 is 1.33 bits per heavy atom. The summed E-state index contributed by atoms with van der Waals surface area (Å²) in [7, 11) is 0. The van der Waals surface area contributed by atoms with Gasteiger partial charge in [0.2, 0.25) is 0 Å². The van der Waals surface area contributed by atoms with Gasteiger partial charge in [-0.05, 0) is 0 Å². The average Bonchev–Trinajstić information content (AvgIpc) is 2.22. The Morgan fingerprint density at radius 2 is 1.89 bits per heavy atom. The molecule has 0 radical (unpaired) electrons. The smallest absolute Gasteiger partial charge is 0.0918 e. The van der Waals surface area contributed by atoms with Gasteiger partial charge in [-0.15, -0.1) is 0 Å². The van der Waals surface area contributed by atoms with Crippen molar-refractivity contribution in [2.75, 3.05) is 11.5 Å². The summed E-state index contributed by atoms with van der Waals surface area (Å²) in [5.41, 5.74) is 0. The molecule has 0 aliphatic carbocycles. The lowest BCUT2D eigenvalue weighted by atomic mass is 10.2. The Morgan fingerprint density at radius 3 is 2.44 bits per heavy atom. The molecule has 1 unspecified atom stereocenters. The van der Waals surface area contributed by atoms with Crippen LogP contribution in [0.5, 0.6) is 0 Å². The van der Waals surface area contributed by atoms with E-state index < -0.39 is 0 Å². The highest BCUT2D eigenvalue weighted by atomic mass is 32.2. The van der Waals surface area contributed by atoms with Gasteiger partial charge in [0.05, 0.1) is 17.9 Å². The maximum atomic E-state index is 3.81. The van der Waals surface area contributed by atoms with Crippen LogP contribution in [0, 0.1) is 0 Å². The van der Waals surface area contributed by atoms with E-state index in [4.69, 9.17) is 0 Å². The monoisotopic (exact) mass is 142 g/mol. The second-order valence-electron chi connectivity index (χ2n) is 2.52. The van der Waals surface area contributed by atoms with Crippen LogP contribution in [0.3, 0.4) is 0 Å². The molecule has 0 bridgehead atoms. The quantitative estimate of drug-likeness (QED) is 0.503. The van der Waals surface area contributed by atoms with Crippen molar-refractivity contribution in [3.8, 4) is 0 Å². The van der Waals surface area contributed by atoms with Crippen LogP contribution in [-0.2, 0) is 0 Å². The first kappa shape index (κ1) is 5.47. The molecular weight excluding hydrogens is 132 g/mol. The van der Waals surface area contributed by atoms with E-state index in [1.807, 2.05) is 11.8 Å². The first-order valence-electron chi connectivity index (χ1n) is 3.16. The summed E-state index contributed by atoms with van der Waals surface area (Å²) in [6, 6.07) is 1.31. The topological polar surface area (TPSA) is 24.1 Å². The van der Waals surface area contributed by atoms with Crippen LogP contribution in [0.2, 0.25) is 0 Å². The van der Waals surface area contributed by atoms with Crippen LogP contribution in [0.25, 0.3) is 0 Å². The fourth-order valence-corrected chi connectivity index (χ4v) is 2.60. The number of thioether (sulfide) groups is 1. The molecule has 2 aliphatic heterocycles. The highest BCUT2D eigenvalue weighted by Crippen LogP contribution is 2.22. The molecule has 2 rings (SSSR count). The minimum atomic E-state index is 0.655. The number of hydrogen-bond donors (Lipinski definition) is 2. The molecule has 2 saturated heterocycles. The zero-order valence-electron chi connectivity index (χ0n) is 5.18. The van der Waals surface area contributed by atoms with Gasteiger partial charge in [-0.1, -0.05) is 6.58 Å². The Balaban J connectivity index is 2.09. The Labute approximate surface area is 59.1 Å². The van der Waals surface area contributed by atoms with Crippen LogP contribution in [0.15, 0.2) is 12.4 Å². The number of nitrogens with one attached hydrogen (secondary N) is 2. The Kier molecular flexibility index (Phi) is 1.12. The molecule has 2 heterocycles. The molecule has 0 saturated carbocycles. The van der Waals surface area contributed by atoms with E-state index in [0.717, 1.165) is 5.82 Å². The molecular formula is C6H10N2S. The third-order valence-corrected chi connectivity index (χ3v) is 2.99. The first-order chi connectivity index (χ1) is 4.36. The molecule has 2 atom stereocenters. The van der Waals surface area contributed by atoms with E-state index in [2.05, 4.69) is 17.2 Å². The Bertz CT molecular complexity index is 132. The molecule has 2 nitrogen and oxygen atoms in total. The van der Waals surface area contributed by atoms with Gasteiger partial charge in [-0.25, -0.2) is 0 Å². The minimum absolute atomic E-state index is 0.655. The number of rotatable bonds is 0. The average molecular weight is 142 g/mol. The molecule has 0 amide bonds. The molecule has 0 spiro atoms. The van der Waals surface area contributed by atoms with Gasteiger partial charge in [0, 0.05) is 11.5 Å². The fourth-order valence-electron chi connectivity index (χ4n) is 1.33. The lowest BCUT2D eigenvalue weighted by molar-refractivity contribution is 0.620. The van der Waals surface area contributed by atoms with Crippen LogP contribution in [-0.4, -0.2) is 23.6 Å². The highest BCUT2D eigenvalue weighted by molar-refractivity contribution is 7.99. The SMILES string of the molecule is C=C1NC2CSC[C@@H]2N1. The lowest BCUT2D eigenvalue weighted by Crippen LogP contribution is -2.31. The minimum Gasteiger partial charge on any atom is -0.367 e. The van der Waals surface area contributed by atoms with Crippen LogP contribution >= 0.6 is 11.8 Å². The predicted octanol–water partition coefficient (Wildman–Crippen LogP) is 0.134. The van der Waals surface area contributed by atoms with Crippen molar-refractivity contribution in [2.45, 2.75) is 12.1 Å². The lowest BCUT2D eigenvalue weighted by Gasteiger charge is -2.03. The van der Waals surface area contributed by atoms with Crippen molar-refractivity contribution in [3.63, 3.8) is 0 Å². The second kappa shape index (κ2) is 1.84. The zero-order chi connectivity index (χ0) is 6.27. The molecule has 2 N–H and O–H groups in total. The van der Waals surface area contributed by atoms with Gasteiger partial charge in [0.25, 0.3) is 0 Å². The molecule has 2 aliphatic rings. The van der Waals surface area contributed by atoms with E-state index in [-0.39, 0.29) is 0 Å². The largest absolute Gasteiger partial charge is 0.367 e. The third-order valence-electron chi connectivity index (χ3n) is 1.80. The summed E-state index contributed by atoms with van der Waals surface area (Å²) in [5, 5.41) is 6.58. The van der Waals surface area contributed by atoms with Crippen molar-refractivity contribution in [3.05, 3.63) is 12.4 Å². The van der Waals surface area contributed by atoms with E-state index >= 15 is 0 Å². The normalized spacial score (nSPS) is 39.8. The standard InChI is InChI=1S/C6H10N2S/c1-4-7-5-2-9-3-6(5)8-4/h5-8H,1-3H2/t5-,6?/m0/s1. The first-order valence-corrected chi connectivity index (χ1v) is 4.31. The van der Waals surface area contributed by atoms with Gasteiger partial charge in [-0.2, -0.15) is 11.8 Å². The van der Waals surface area contributed by atoms with E-state index in [1.165, 1.54) is 11.5 Å². The van der Waals surface area contributed by atoms with Gasteiger partial charge in [0.15, 0.2) is 0 Å². The van der Waals surface area contributed by atoms with Crippen LogP contribution in [0.4, 0.5) is 0 Å². The van der Waals surface area contributed by atoms with Gasteiger partial charge < -0.3 is 10.6 Å². The maximum absolute atomic E-state index is 3.81. The van der Waals surface area contributed by atoms with Crippen molar-refractivity contribution < 1.29 is 0 Å². The van der Waals surface area contributed by atoms with Gasteiger partial charge >= 0.3 is 0 Å². The molecule has 2 fully saturated rings. The van der Waals surface area contributed by atoms with E-state index in [9.17, 15) is 0 Å². The Hall–Kier alpha value is -0.310. The summed E-state index contributed by atoms with van der Waals surface area (Å²) in [4.78, 5) is 0. The van der Waals surface area contributed by atoms with E-state index in [1.54, 1.807) is 0 Å². The summed E-state index contributed by atoms with van der Waals surface area (Å²) in [5.74, 6) is 3.47. The summed E-state index contributed by atoms with van der Waals surface area (Å²) in [6.45, 7) is 3.81. The molecule has 0 aromatic carbocycles. The maximum Gasteiger partial charge on any atom is 0.0918 e. The third kappa shape index (κ3) is 0.796. The molecule has 0 aromatic rings. The molecule has 9 heavy (non-hydrogen) atoms. The highest BCUT2D eigenvalue weighted by Gasteiger charge is 2.32. The molecule has 3 heteroatoms. The van der Waals surface area contributed by atoms with Gasteiger partial charge in [0.1, 0.15) is 0 Å². The van der Waals surface area contributed by atoms with Crippen molar-refractivity contribution >= 4 is 11.8 Å². The second-order valence-corrected chi connectivity index (χ2v) is 3.59.